The average molecular weight is 843 g/mol. The van der Waals surface area contributed by atoms with Gasteiger partial charge in [0.2, 0.25) is 0 Å². The standard InChI is InChI=1S/C60H34N4O2/c61-35-46-53(63-49-23-11-7-21-44(49)57-51(63)29-27-42-40-19-9-13-25-55(40)65-59(42)57)33-39(38-31-47(36-15-3-1-4-16-36)62-48(32-38)37-17-5-2-6-18-37)34-54(46)64-50-24-12-8-22-45(50)58-52(64)30-28-43-41-20-10-14-26-56(41)66-60(43)58/h1-34H. The Balaban J connectivity index is 1.14. The first-order chi connectivity index (χ1) is 32.7. The molecule has 0 fully saturated rings. The normalized spacial score (nSPS) is 11.9. The maximum atomic E-state index is 11.7. The molecule has 66 heavy (non-hydrogen) atoms. The molecule has 0 saturated heterocycles. The van der Waals surface area contributed by atoms with Gasteiger partial charge in [0.1, 0.15) is 34.0 Å². The van der Waals surface area contributed by atoms with Crippen LogP contribution < -0.4 is 0 Å². The molecule has 0 aliphatic heterocycles. The second-order valence-corrected chi connectivity index (χ2v) is 16.9. The Bertz CT molecular complexity index is 4090. The predicted molar refractivity (Wildman–Crippen MR) is 268 cm³/mol. The van der Waals surface area contributed by atoms with Crippen LogP contribution in [0.2, 0.25) is 0 Å². The third-order valence-electron chi connectivity index (χ3n) is 13.3. The number of pyridine rings is 1. The highest BCUT2D eigenvalue weighted by atomic mass is 16.3. The van der Waals surface area contributed by atoms with E-state index in [9.17, 15) is 5.26 Å². The summed E-state index contributed by atoms with van der Waals surface area (Å²) in [4.78, 5) is 5.25. The molecule has 0 N–H and O–H groups in total. The highest BCUT2D eigenvalue weighted by molar-refractivity contribution is 6.25. The zero-order valence-corrected chi connectivity index (χ0v) is 35.2. The molecule has 14 aromatic rings. The van der Waals surface area contributed by atoms with Crippen LogP contribution in [0.3, 0.4) is 0 Å². The second kappa shape index (κ2) is 13.9. The number of nitrogens with zero attached hydrogens (tertiary/aromatic N) is 4. The van der Waals surface area contributed by atoms with E-state index in [0.29, 0.717) is 5.56 Å². The summed E-state index contributed by atoms with van der Waals surface area (Å²) in [5, 5.41) is 20.1. The number of para-hydroxylation sites is 4. The molecule has 0 atom stereocenters. The van der Waals surface area contributed by atoms with Crippen molar-refractivity contribution in [1.29, 1.82) is 5.26 Å². The predicted octanol–water partition coefficient (Wildman–Crippen LogP) is 15.9. The molecule has 14 rings (SSSR count). The minimum atomic E-state index is 0.527. The van der Waals surface area contributed by atoms with Gasteiger partial charge in [-0.15, -0.1) is 0 Å². The van der Waals surface area contributed by atoms with E-state index in [1.54, 1.807) is 0 Å². The summed E-state index contributed by atoms with van der Waals surface area (Å²) in [6, 6.07) is 74.1. The summed E-state index contributed by atoms with van der Waals surface area (Å²) >= 11 is 0. The first kappa shape index (κ1) is 36.3. The molecule has 0 aliphatic rings. The van der Waals surface area contributed by atoms with Crippen LogP contribution in [0.15, 0.2) is 215 Å². The van der Waals surface area contributed by atoms with Crippen LogP contribution in [-0.4, -0.2) is 14.1 Å². The molecule has 0 unspecified atom stereocenters. The van der Waals surface area contributed by atoms with E-state index < -0.39 is 0 Å². The minimum absolute atomic E-state index is 0.527. The van der Waals surface area contributed by atoms with Crippen molar-refractivity contribution in [2.45, 2.75) is 0 Å². The van der Waals surface area contributed by atoms with Gasteiger partial charge in [0.25, 0.3) is 0 Å². The number of nitriles is 1. The molecule has 5 aromatic heterocycles. The number of benzene rings is 9. The van der Waals surface area contributed by atoms with Crippen LogP contribution in [0.25, 0.3) is 133 Å². The van der Waals surface area contributed by atoms with Gasteiger partial charge >= 0.3 is 0 Å². The lowest BCUT2D eigenvalue weighted by Gasteiger charge is -2.19. The summed E-state index contributed by atoms with van der Waals surface area (Å²) in [6.45, 7) is 0. The van der Waals surface area contributed by atoms with Crippen molar-refractivity contribution in [2.75, 3.05) is 0 Å². The fourth-order valence-electron chi connectivity index (χ4n) is 10.4. The van der Waals surface area contributed by atoms with Crippen molar-refractivity contribution in [1.82, 2.24) is 14.1 Å². The third-order valence-corrected chi connectivity index (χ3v) is 13.3. The lowest BCUT2D eigenvalue weighted by atomic mass is 9.97. The SMILES string of the molecule is N#Cc1c(-n2c3ccccc3c3c4oc5ccccc5c4ccc32)cc(-c2cc(-c3ccccc3)nc(-c3ccccc3)c2)cc1-n1c2ccccc2c2c3oc4ccccc4c3ccc21. The third kappa shape index (κ3) is 5.20. The Morgan fingerprint density at radius 1 is 0.364 bits per heavy atom. The van der Waals surface area contributed by atoms with Gasteiger partial charge in [-0.3, -0.25) is 0 Å². The summed E-state index contributed by atoms with van der Waals surface area (Å²) in [7, 11) is 0. The van der Waals surface area contributed by atoms with Crippen LogP contribution in [0.1, 0.15) is 5.56 Å². The van der Waals surface area contributed by atoms with E-state index >= 15 is 0 Å². The molecule has 9 aromatic carbocycles. The number of furan rings is 2. The van der Waals surface area contributed by atoms with Gasteiger partial charge in [-0.25, -0.2) is 4.98 Å². The van der Waals surface area contributed by atoms with E-state index in [0.717, 1.165) is 133 Å². The first-order valence-electron chi connectivity index (χ1n) is 22.1. The van der Waals surface area contributed by atoms with Gasteiger partial charge in [0.05, 0.1) is 55.6 Å². The molecular formula is C60H34N4O2. The summed E-state index contributed by atoms with van der Waals surface area (Å²) in [5.41, 5.74) is 14.8. The molecule has 0 amide bonds. The molecule has 0 radical (unpaired) electrons. The van der Waals surface area contributed by atoms with Gasteiger partial charge in [0, 0.05) is 43.4 Å². The lowest BCUT2D eigenvalue weighted by molar-refractivity contribution is 0.672. The van der Waals surface area contributed by atoms with Crippen LogP contribution in [0.4, 0.5) is 0 Å². The fraction of sp³-hybridized carbons (Fsp3) is 0. The molecule has 0 bridgehead atoms. The Kier molecular flexibility index (Phi) is 7.65. The molecule has 0 aliphatic carbocycles. The van der Waals surface area contributed by atoms with Crippen molar-refractivity contribution < 1.29 is 8.83 Å². The highest BCUT2D eigenvalue weighted by Gasteiger charge is 2.26. The molecule has 6 heteroatoms. The van der Waals surface area contributed by atoms with Crippen molar-refractivity contribution in [3.63, 3.8) is 0 Å². The average Bonchev–Trinajstić information content (AvgIpc) is 4.14. The summed E-state index contributed by atoms with van der Waals surface area (Å²) < 4.78 is 18.0. The highest BCUT2D eigenvalue weighted by Crippen LogP contribution is 2.45. The van der Waals surface area contributed by atoms with Gasteiger partial charge in [-0.05, 0) is 83.9 Å². The molecule has 0 saturated carbocycles. The maximum absolute atomic E-state index is 11.7. The number of rotatable bonds is 5. The molecule has 306 valence electrons. The maximum Gasteiger partial charge on any atom is 0.145 e. The van der Waals surface area contributed by atoms with Crippen molar-refractivity contribution in [3.05, 3.63) is 212 Å². The van der Waals surface area contributed by atoms with Crippen LogP contribution in [0.5, 0.6) is 0 Å². The smallest absolute Gasteiger partial charge is 0.145 e. The van der Waals surface area contributed by atoms with Crippen LogP contribution in [0, 0.1) is 11.3 Å². The molecule has 5 heterocycles. The van der Waals surface area contributed by atoms with Gasteiger partial charge in [0.15, 0.2) is 0 Å². The number of hydrogen-bond acceptors (Lipinski definition) is 4. The zero-order valence-electron chi connectivity index (χ0n) is 35.2. The van der Waals surface area contributed by atoms with E-state index in [4.69, 9.17) is 13.8 Å². The molecular weight excluding hydrogens is 809 g/mol. The van der Waals surface area contributed by atoms with Crippen LogP contribution >= 0.6 is 0 Å². The summed E-state index contributed by atoms with van der Waals surface area (Å²) in [5.74, 6) is 0. The first-order valence-corrected chi connectivity index (χ1v) is 22.1. The number of aromatic nitrogens is 3. The second-order valence-electron chi connectivity index (χ2n) is 16.9. The van der Waals surface area contributed by atoms with Crippen molar-refractivity contribution in [3.8, 4) is 51.1 Å². The quantitative estimate of drug-likeness (QED) is 0.173. The van der Waals surface area contributed by atoms with Gasteiger partial charge in [-0.1, -0.05) is 133 Å². The van der Waals surface area contributed by atoms with Gasteiger partial charge in [-0.2, -0.15) is 5.26 Å². The minimum Gasteiger partial charge on any atom is -0.455 e. The molecule has 6 nitrogen and oxygen atoms in total. The van der Waals surface area contributed by atoms with Crippen molar-refractivity contribution >= 4 is 87.5 Å². The van der Waals surface area contributed by atoms with E-state index in [2.05, 4.69) is 161 Å². The number of hydrogen-bond donors (Lipinski definition) is 0. The Morgan fingerprint density at radius 3 is 1.24 bits per heavy atom. The van der Waals surface area contributed by atoms with E-state index in [1.165, 1.54) is 0 Å². The Hall–Kier alpha value is -9.18. The monoisotopic (exact) mass is 842 g/mol. The Labute approximate surface area is 377 Å². The number of fused-ring (bicyclic) bond motifs is 14. The van der Waals surface area contributed by atoms with E-state index in [-0.39, 0.29) is 0 Å². The zero-order chi connectivity index (χ0) is 43.5. The summed E-state index contributed by atoms with van der Waals surface area (Å²) in [6.07, 6.45) is 0. The Morgan fingerprint density at radius 2 is 0.773 bits per heavy atom. The topological polar surface area (TPSA) is 72.8 Å². The van der Waals surface area contributed by atoms with E-state index in [1.807, 2.05) is 60.7 Å². The lowest BCUT2D eigenvalue weighted by Crippen LogP contribution is -2.05. The van der Waals surface area contributed by atoms with Gasteiger partial charge < -0.3 is 18.0 Å². The van der Waals surface area contributed by atoms with Crippen LogP contribution in [-0.2, 0) is 0 Å². The molecule has 0 spiro atoms. The fourth-order valence-corrected chi connectivity index (χ4v) is 10.4. The van der Waals surface area contributed by atoms with Crippen molar-refractivity contribution in [2.24, 2.45) is 0 Å². The largest absolute Gasteiger partial charge is 0.455 e.